The van der Waals surface area contributed by atoms with Gasteiger partial charge in [0, 0.05) is 12.6 Å². The fourth-order valence-corrected chi connectivity index (χ4v) is 3.71. The lowest BCUT2D eigenvalue weighted by molar-refractivity contribution is 0.167. The van der Waals surface area contributed by atoms with E-state index in [1.54, 1.807) is 12.1 Å². The fraction of sp³-hybridized carbons (Fsp3) is 0.538. The molecule has 2 heterocycles. The van der Waals surface area contributed by atoms with Gasteiger partial charge in [-0.05, 0) is 31.5 Å². The van der Waals surface area contributed by atoms with Crippen LogP contribution in [0.15, 0.2) is 23.1 Å². The van der Waals surface area contributed by atoms with Crippen molar-refractivity contribution < 1.29 is 17.9 Å². The van der Waals surface area contributed by atoms with Gasteiger partial charge in [-0.1, -0.05) is 6.07 Å². The number of ether oxygens (including phenoxy) is 2. The smallest absolute Gasteiger partial charge is 0.244 e. The Kier molecular flexibility index (Phi) is 5.32. The maximum atomic E-state index is 12.4. The summed E-state index contributed by atoms with van der Waals surface area (Å²) in [6.07, 6.45) is 2.08. The van der Waals surface area contributed by atoms with Crippen molar-refractivity contribution >= 4 is 22.4 Å². The fourth-order valence-electron chi connectivity index (χ4n) is 2.48. The largest absolute Gasteiger partial charge is 0.486 e. The van der Waals surface area contributed by atoms with Crippen molar-refractivity contribution in [2.45, 2.75) is 23.8 Å². The Labute approximate surface area is 130 Å². The third kappa shape index (κ3) is 3.60. The van der Waals surface area contributed by atoms with Crippen molar-refractivity contribution in [2.75, 3.05) is 26.3 Å². The zero-order valence-corrected chi connectivity index (χ0v) is 13.1. The summed E-state index contributed by atoms with van der Waals surface area (Å²) in [5.41, 5.74) is 0. The Morgan fingerprint density at radius 1 is 1.29 bits per heavy atom. The second-order valence-electron chi connectivity index (χ2n) is 4.93. The van der Waals surface area contributed by atoms with Crippen LogP contribution in [-0.2, 0) is 10.0 Å². The second kappa shape index (κ2) is 6.83. The van der Waals surface area contributed by atoms with Crippen LogP contribution < -0.4 is 19.5 Å². The lowest BCUT2D eigenvalue weighted by atomic mass is 10.2. The van der Waals surface area contributed by atoms with Gasteiger partial charge < -0.3 is 14.8 Å². The Balaban J connectivity index is 0.00000161. The first-order valence-corrected chi connectivity index (χ1v) is 8.27. The molecule has 0 bridgehead atoms. The maximum absolute atomic E-state index is 12.4. The number of sulfonamides is 1. The first-order chi connectivity index (χ1) is 9.67. The lowest BCUT2D eigenvalue weighted by Crippen LogP contribution is -2.37. The number of hydrogen-bond acceptors (Lipinski definition) is 5. The molecule has 1 aromatic carbocycles. The number of para-hydroxylation sites is 1. The van der Waals surface area contributed by atoms with E-state index < -0.39 is 10.0 Å². The van der Waals surface area contributed by atoms with Gasteiger partial charge in [0.25, 0.3) is 0 Å². The van der Waals surface area contributed by atoms with Crippen molar-refractivity contribution in [3.63, 3.8) is 0 Å². The van der Waals surface area contributed by atoms with E-state index in [1.165, 1.54) is 6.07 Å². The molecule has 1 aromatic rings. The molecule has 1 saturated heterocycles. The Hall–Kier alpha value is -1.02. The summed E-state index contributed by atoms with van der Waals surface area (Å²) >= 11 is 0. The molecule has 2 aliphatic heterocycles. The van der Waals surface area contributed by atoms with Gasteiger partial charge in [-0.2, -0.15) is 0 Å². The van der Waals surface area contributed by atoms with E-state index in [0.29, 0.717) is 31.3 Å². The Morgan fingerprint density at radius 3 is 2.86 bits per heavy atom. The van der Waals surface area contributed by atoms with Gasteiger partial charge >= 0.3 is 0 Å². The van der Waals surface area contributed by atoms with Gasteiger partial charge in [-0.15, -0.1) is 12.4 Å². The molecule has 0 saturated carbocycles. The standard InChI is InChI=1S/C13H18N2O4S.ClH/c16-20(17,15-9-10-3-2-6-14-10)12-5-1-4-11-13(12)19-8-7-18-11;/h1,4-5,10,14-15H,2-3,6-9H2;1H. The molecule has 0 spiro atoms. The van der Waals surface area contributed by atoms with Crippen molar-refractivity contribution in [1.29, 1.82) is 0 Å². The monoisotopic (exact) mass is 334 g/mol. The summed E-state index contributed by atoms with van der Waals surface area (Å²) in [5.74, 6) is 0.795. The van der Waals surface area contributed by atoms with Crippen LogP contribution in [0.5, 0.6) is 11.5 Å². The molecule has 2 N–H and O–H groups in total. The van der Waals surface area contributed by atoms with Crippen LogP contribution in [0.1, 0.15) is 12.8 Å². The minimum Gasteiger partial charge on any atom is -0.486 e. The highest BCUT2D eigenvalue weighted by Crippen LogP contribution is 2.36. The van der Waals surface area contributed by atoms with Crippen LogP contribution >= 0.6 is 12.4 Å². The minimum atomic E-state index is -3.58. The van der Waals surface area contributed by atoms with E-state index in [4.69, 9.17) is 9.47 Å². The van der Waals surface area contributed by atoms with Crippen molar-refractivity contribution in [1.82, 2.24) is 10.0 Å². The van der Waals surface area contributed by atoms with Crippen LogP contribution in [0.2, 0.25) is 0 Å². The average molecular weight is 335 g/mol. The summed E-state index contributed by atoms with van der Waals surface area (Å²) in [6.45, 7) is 2.15. The van der Waals surface area contributed by atoms with Crippen LogP contribution in [0.3, 0.4) is 0 Å². The summed E-state index contributed by atoms with van der Waals surface area (Å²) in [7, 11) is -3.58. The molecule has 1 fully saturated rings. The van der Waals surface area contributed by atoms with Gasteiger partial charge in [0.1, 0.15) is 18.1 Å². The normalized spacial score (nSPS) is 20.9. The summed E-state index contributed by atoms with van der Waals surface area (Å²) < 4.78 is 38.3. The minimum absolute atomic E-state index is 0. The molecule has 0 aromatic heterocycles. The highest BCUT2D eigenvalue weighted by Gasteiger charge is 2.26. The molecular weight excluding hydrogens is 316 g/mol. The second-order valence-corrected chi connectivity index (χ2v) is 6.66. The molecule has 0 aliphatic carbocycles. The topological polar surface area (TPSA) is 76.7 Å². The average Bonchev–Trinajstić information content (AvgIpc) is 2.98. The van der Waals surface area contributed by atoms with Crippen molar-refractivity contribution in [3.8, 4) is 11.5 Å². The van der Waals surface area contributed by atoms with Gasteiger partial charge in [-0.25, -0.2) is 13.1 Å². The third-order valence-electron chi connectivity index (χ3n) is 3.50. The van der Waals surface area contributed by atoms with E-state index in [1.807, 2.05) is 0 Å². The SMILES string of the molecule is Cl.O=S(=O)(NCC1CCCN1)c1cccc2c1OCCO2. The highest BCUT2D eigenvalue weighted by molar-refractivity contribution is 7.89. The number of halogens is 1. The van der Waals surface area contributed by atoms with Crippen LogP contribution in [0, 0.1) is 0 Å². The molecule has 3 rings (SSSR count). The van der Waals surface area contributed by atoms with E-state index in [-0.39, 0.29) is 23.3 Å². The number of rotatable bonds is 4. The van der Waals surface area contributed by atoms with Gasteiger partial charge in [0.05, 0.1) is 0 Å². The predicted molar refractivity (Wildman–Crippen MR) is 80.9 cm³/mol. The quantitative estimate of drug-likeness (QED) is 0.856. The van der Waals surface area contributed by atoms with Gasteiger partial charge in [0.2, 0.25) is 10.0 Å². The molecule has 21 heavy (non-hydrogen) atoms. The number of nitrogens with one attached hydrogen (secondary N) is 2. The van der Waals surface area contributed by atoms with E-state index >= 15 is 0 Å². The first kappa shape index (κ1) is 16.4. The molecule has 0 radical (unpaired) electrons. The number of fused-ring (bicyclic) bond motifs is 1. The number of hydrogen-bond donors (Lipinski definition) is 2. The van der Waals surface area contributed by atoms with Crippen LogP contribution in [0.4, 0.5) is 0 Å². The molecular formula is C13H19ClN2O4S. The zero-order valence-electron chi connectivity index (χ0n) is 11.5. The Bertz CT molecular complexity index is 588. The van der Waals surface area contributed by atoms with Gasteiger partial charge in [-0.3, -0.25) is 0 Å². The molecule has 1 unspecified atom stereocenters. The molecule has 2 aliphatic rings. The maximum Gasteiger partial charge on any atom is 0.244 e. The van der Waals surface area contributed by atoms with Crippen LogP contribution in [-0.4, -0.2) is 40.8 Å². The van der Waals surface area contributed by atoms with Gasteiger partial charge in [0.15, 0.2) is 11.5 Å². The predicted octanol–water partition coefficient (Wildman–Crippen LogP) is 0.910. The first-order valence-electron chi connectivity index (χ1n) is 6.78. The van der Waals surface area contributed by atoms with Crippen molar-refractivity contribution in [3.05, 3.63) is 18.2 Å². The summed E-state index contributed by atoms with van der Waals surface area (Å²) in [5, 5.41) is 3.26. The molecule has 8 heteroatoms. The summed E-state index contributed by atoms with van der Waals surface area (Å²) in [6, 6.07) is 5.13. The zero-order chi connectivity index (χ0) is 14.0. The van der Waals surface area contributed by atoms with Crippen molar-refractivity contribution in [2.24, 2.45) is 0 Å². The third-order valence-corrected chi connectivity index (χ3v) is 4.95. The number of benzene rings is 1. The van der Waals surface area contributed by atoms with Crippen LogP contribution in [0.25, 0.3) is 0 Å². The summed E-state index contributed by atoms with van der Waals surface area (Å²) in [4.78, 5) is 0.146. The molecule has 1 atom stereocenters. The lowest BCUT2D eigenvalue weighted by Gasteiger charge is -2.21. The molecule has 118 valence electrons. The van der Waals surface area contributed by atoms with E-state index in [0.717, 1.165) is 19.4 Å². The Morgan fingerprint density at radius 2 is 2.10 bits per heavy atom. The highest BCUT2D eigenvalue weighted by atomic mass is 35.5. The van der Waals surface area contributed by atoms with E-state index in [2.05, 4.69) is 10.0 Å². The molecule has 0 amide bonds. The molecule has 6 nitrogen and oxygen atoms in total. The van der Waals surface area contributed by atoms with E-state index in [9.17, 15) is 8.42 Å².